The second-order valence-electron chi connectivity index (χ2n) is 7.90. The Morgan fingerprint density at radius 3 is 2.40 bits per heavy atom. The van der Waals surface area contributed by atoms with Gasteiger partial charge in [0.25, 0.3) is 0 Å². The van der Waals surface area contributed by atoms with Crippen LogP contribution in [0.3, 0.4) is 0 Å². The van der Waals surface area contributed by atoms with Gasteiger partial charge in [-0.1, -0.05) is 48.5 Å². The Labute approximate surface area is 149 Å². The number of rotatable bonds is 3. The predicted molar refractivity (Wildman–Crippen MR) is 104 cm³/mol. The number of nitrogens with one attached hydrogen (secondary N) is 1. The molecule has 2 unspecified atom stereocenters. The summed E-state index contributed by atoms with van der Waals surface area (Å²) in [6, 6.07) is 21.3. The molecule has 2 nitrogen and oxygen atoms in total. The molecule has 1 N–H and O–H groups in total. The van der Waals surface area contributed by atoms with Crippen LogP contribution in [0.2, 0.25) is 0 Å². The van der Waals surface area contributed by atoms with Crippen LogP contribution in [0.4, 0.5) is 0 Å². The normalized spacial score (nSPS) is 27.6. The zero-order valence-corrected chi connectivity index (χ0v) is 14.9. The number of hydrogen-bond donors (Lipinski definition) is 1. The molecule has 25 heavy (non-hydrogen) atoms. The lowest BCUT2D eigenvalue weighted by atomic mass is 9.68. The van der Waals surface area contributed by atoms with E-state index in [4.69, 9.17) is 0 Å². The van der Waals surface area contributed by atoms with Gasteiger partial charge in [0.15, 0.2) is 0 Å². The molecule has 0 amide bonds. The summed E-state index contributed by atoms with van der Waals surface area (Å²) in [5, 5.41) is 1.38. The SMILES string of the molecule is CN1C2CCC(CC2)C1C(c1ccccc1)c1c[nH]c2ccccc12. The molecule has 2 saturated heterocycles. The van der Waals surface area contributed by atoms with E-state index in [0.717, 1.165) is 12.0 Å². The van der Waals surface area contributed by atoms with Crippen LogP contribution in [0.25, 0.3) is 10.9 Å². The summed E-state index contributed by atoms with van der Waals surface area (Å²) in [4.78, 5) is 6.22. The Hall–Kier alpha value is -2.06. The molecule has 2 aromatic carbocycles. The van der Waals surface area contributed by atoms with Crippen molar-refractivity contribution in [3.05, 3.63) is 71.9 Å². The molecule has 2 aliphatic heterocycles. The van der Waals surface area contributed by atoms with Crippen molar-refractivity contribution in [3.8, 4) is 0 Å². The molecule has 3 aliphatic rings. The monoisotopic (exact) mass is 330 g/mol. The average molecular weight is 330 g/mol. The molecule has 3 aromatic rings. The van der Waals surface area contributed by atoms with Crippen molar-refractivity contribution < 1.29 is 0 Å². The molecule has 0 radical (unpaired) electrons. The van der Waals surface area contributed by atoms with Gasteiger partial charge in [0.1, 0.15) is 0 Å². The molecule has 1 saturated carbocycles. The van der Waals surface area contributed by atoms with Gasteiger partial charge >= 0.3 is 0 Å². The molecule has 0 spiro atoms. The van der Waals surface area contributed by atoms with Gasteiger partial charge in [0, 0.05) is 35.1 Å². The number of likely N-dealkylation sites (N-methyl/N-ethyl adjacent to an activating group) is 1. The zero-order valence-electron chi connectivity index (χ0n) is 14.9. The van der Waals surface area contributed by atoms with Crippen LogP contribution in [-0.2, 0) is 0 Å². The lowest BCUT2D eigenvalue weighted by Crippen LogP contribution is -2.55. The molecule has 2 heteroatoms. The number of aromatic amines is 1. The van der Waals surface area contributed by atoms with Crippen LogP contribution < -0.4 is 0 Å². The Balaban J connectivity index is 1.67. The summed E-state index contributed by atoms with van der Waals surface area (Å²) in [5.74, 6) is 1.25. The Kier molecular flexibility index (Phi) is 3.67. The third-order valence-corrected chi connectivity index (χ3v) is 6.73. The van der Waals surface area contributed by atoms with Crippen LogP contribution in [0, 0.1) is 5.92 Å². The van der Waals surface area contributed by atoms with Crippen molar-refractivity contribution in [2.24, 2.45) is 5.92 Å². The van der Waals surface area contributed by atoms with Crippen molar-refractivity contribution in [2.45, 2.75) is 43.7 Å². The number of piperidine rings is 2. The highest BCUT2D eigenvalue weighted by molar-refractivity contribution is 5.84. The highest BCUT2D eigenvalue weighted by Gasteiger charge is 2.44. The van der Waals surface area contributed by atoms with Gasteiger partial charge in [-0.2, -0.15) is 0 Å². The first-order valence-corrected chi connectivity index (χ1v) is 9.66. The number of aromatic nitrogens is 1. The summed E-state index contributed by atoms with van der Waals surface area (Å²) in [5.41, 5.74) is 4.17. The molecular weight excluding hydrogens is 304 g/mol. The molecule has 2 bridgehead atoms. The number of H-pyrrole nitrogens is 1. The highest BCUT2D eigenvalue weighted by Crippen LogP contribution is 2.47. The standard InChI is InChI=1S/C23H26N2/c1-25-18-13-11-17(12-14-18)23(25)22(16-7-3-2-4-8-16)20-15-24-21-10-6-5-9-19(20)21/h2-10,15,17-18,22-24H,11-14H2,1H3. The summed E-state index contributed by atoms with van der Waals surface area (Å²) in [7, 11) is 2.37. The van der Waals surface area contributed by atoms with E-state index in [9.17, 15) is 0 Å². The van der Waals surface area contributed by atoms with E-state index in [2.05, 4.69) is 77.7 Å². The number of para-hydroxylation sites is 1. The first-order valence-electron chi connectivity index (χ1n) is 9.66. The summed E-state index contributed by atoms with van der Waals surface area (Å²) in [6.45, 7) is 0. The van der Waals surface area contributed by atoms with Crippen LogP contribution in [0.15, 0.2) is 60.8 Å². The number of hydrogen-bond acceptors (Lipinski definition) is 1. The van der Waals surface area contributed by atoms with Gasteiger partial charge < -0.3 is 4.98 Å². The topological polar surface area (TPSA) is 19.0 Å². The minimum Gasteiger partial charge on any atom is -0.361 e. The quantitative estimate of drug-likeness (QED) is 0.702. The summed E-state index contributed by atoms with van der Waals surface area (Å²) < 4.78 is 0. The number of nitrogens with zero attached hydrogens (tertiary/aromatic N) is 1. The van der Waals surface area contributed by atoms with Crippen molar-refractivity contribution in [2.75, 3.05) is 7.05 Å². The van der Waals surface area contributed by atoms with E-state index in [1.807, 2.05) is 0 Å². The van der Waals surface area contributed by atoms with Crippen LogP contribution in [0.5, 0.6) is 0 Å². The van der Waals surface area contributed by atoms with Crippen LogP contribution in [0.1, 0.15) is 42.7 Å². The summed E-state index contributed by atoms with van der Waals surface area (Å²) in [6.07, 6.45) is 7.81. The fourth-order valence-corrected chi connectivity index (χ4v) is 5.51. The third-order valence-electron chi connectivity index (χ3n) is 6.73. The maximum absolute atomic E-state index is 3.52. The molecule has 1 aliphatic carbocycles. The van der Waals surface area contributed by atoms with Crippen molar-refractivity contribution >= 4 is 10.9 Å². The van der Waals surface area contributed by atoms with E-state index in [1.54, 1.807) is 0 Å². The third kappa shape index (κ3) is 2.43. The predicted octanol–water partition coefficient (Wildman–Crippen LogP) is 5.17. The molecule has 1 aromatic heterocycles. The number of benzene rings is 2. The number of fused-ring (bicyclic) bond motifs is 4. The van der Waals surface area contributed by atoms with E-state index >= 15 is 0 Å². The maximum atomic E-state index is 3.52. The van der Waals surface area contributed by atoms with Crippen molar-refractivity contribution in [3.63, 3.8) is 0 Å². The zero-order chi connectivity index (χ0) is 16.8. The molecule has 3 fully saturated rings. The fraction of sp³-hybridized carbons (Fsp3) is 0.391. The van der Waals surface area contributed by atoms with Gasteiger partial charge in [0.05, 0.1) is 0 Å². The van der Waals surface area contributed by atoms with E-state index in [0.29, 0.717) is 12.0 Å². The Morgan fingerprint density at radius 1 is 0.920 bits per heavy atom. The molecule has 2 atom stereocenters. The minimum absolute atomic E-state index is 0.440. The molecule has 6 rings (SSSR count). The second kappa shape index (κ2) is 6.03. The largest absolute Gasteiger partial charge is 0.361 e. The highest BCUT2D eigenvalue weighted by atomic mass is 15.2. The maximum Gasteiger partial charge on any atom is 0.0457 e. The van der Waals surface area contributed by atoms with Crippen LogP contribution in [-0.4, -0.2) is 29.0 Å². The van der Waals surface area contributed by atoms with E-state index in [1.165, 1.54) is 47.7 Å². The van der Waals surface area contributed by atoms with Gasteiger partial charge in [-0.3, -0.25) is 4.90 Å². The summed E-state index contributed by atoms with van der Waals surface area (Å²) >= 11 is 0. The second-order valence-corrected chi connectivity index (χ2v) is 7.90. The first kappa shape index (κ1) is 15.2. The van der Waals surface area contributed by atoms with Crippen LogP contribution >= 0.6 is 0 Å². The smallest absolute Gasteiger partial charge is 0.0457 e. The van der Waals surface area contributed by atoms with Gasteiger partial charge in [-0.15, -0.1) is 0 Å². The van der Waals surface area contributed by atoms with E-state index < -0.39 is 0 Å². The average Bonchev–Trinajstić information content (AvgIpc) is 3.10. The van der Waals surface area contributed by atoms with E-state index in [-0.39, 0.29) is 0 Å². The molecule has 3 heterocycles. The Morgan fingerprint density at radius 2 is 1.64 bits per heavy atom. The lowest BCUT2D eigenvalue weighted by Gasteiger charge is -2.53. The van der Waals surface area contributed by atoms with Crippen molar-refractivity contribution in [1.29, 1.82) is 0 Å². The molecular formula is C23H26N2. The van der Waals surface area contributed by atoms with Gasteiger partial charge in [-0.25, -0.2) is 0 Å². The Bertz CT molecular complexity index is 856. The minimum atomic E-state index is 0.440. The van der Waals surface area contributed by atoms with Gasteiger partial charge in [0.2, 0.25) is 0 Å². The molecule has 128 valence electrons. The fourth-order valence-electron chi connectivity index (χ4n) is 5.51. The van der Waals surface area contributed by atoms with Gasteiger partial charge in [-0.05, 0) is 55.8 Å². The first-order chi connectivity index (χ1) is 12.3. The van der Waals surface area contributed by atoms with Crippen molar-refractivity contribution in [1.82, 2.24) is 9.88 Å². The lowest BCUT2D eigenvalue weighted by molar-refractivity contribution is 0.000637.